The highest BCUT2D eigenvalue weighted by atomic mass is 32.2. The quantitative estimate of drug-likeness (QED) is 0.524. The van der Waals surface area contributed by atoms with E-state index in [2.05, 4.69) is 6.92 Å². The summed E-state index contributed by atoms with van der Waals surface area (Å²) in [6, 6.07) is 0. The first kappa shape index (κ1) is 11.7. The number of rotatable bonds is 5. The molecule has 1 aliphatic rings. The zero-order valence-electron chi connectivity index (χ0n) is 8.99. The summed E-state index contributed by atoms with van der Waals surface area (Å²) >= 11 is 0. The molecule has 0 radical (unpaired) electrons. The van der Waals surface area contributed by atoms with Crippen molar-refractivity contribution in [3.05, 3.63) is 12.2 Å². The minimum Gasteiger partial charge on any atom is -0.259 e. The van der Waals surface area contributed by atoms with Crippen LogP contribution in [0.1, 0.15) is 33.1 Å². The summed E-state index contributed by atoms with van der Waals surface area (Å²) in [4.78, 5) is 0. The van der Waals surface area contributed by atoms with Crippen LogP contribution >= 0.6 is 0 Å². The van der Waals surface area contributed by atoms with Crippen LogP contribution in [0.2, 0.25) is 0 Å². The molecule has 0 aromatic carbocycles. The molecule has 0 heterocycles. The van der Waals surface area contributed by atoms with E-state index < -0.39 is 15.7 Å². The summed E-state index contributed by atoms with van der Waals surface area (Å²) in [7, 11) is -3.34. The van der Waals surface area contributed by atoms with Gasteiger partial charge in [-0.1, -0.05) is 32.4 Å². The predicted octanol–water partition coefficient (Wildman–Crippen LogP) is 2.10. The summed E-state index contributed by atoms with van der Waals surface area (Å²) in [5.41, 5.74) is -0.516. The Balaban J connectivity index is 2.72. The lowest BCUT2D eigenvalue weighted by Crippen LogP contribution is -2.19. The average molecular weight is 218 g/mol. The van der Waals surface area contributed by atoms with Crippen LogP contribution in [0.5, 0.6) is 0 Å². The van der Waals surface area contributed by atoms with Crippen LogP contribution in [-0.2, 0) is 14.3 Å². The number of allylic oxidation sites excluding steroid dienone is 1. The minimum atomic E-state index is -3.34. The first-order chi connectivity index (χ1) is 6.43. The minimum absolute atomic E-state index is 0.361. The van der Waals surface area contributed by atoms with Crippen LogP contribution in [0.25, 0.3) is 0 Å². The van der Waals surface area contributed by atoms with E-state index in [0.29, 0.717) is 5.92 Å². The van der Waals surface area contributed by atoms with Crippen molar-refractivity contribution in [3.63, 3.8) is 0 Å². The molecule has 0 N–H and O–H groups in total. The Morgan fingerprint density at radius 1 is 1.50 bits per heavy atom. The zero-order chi connectivity index (χ0) is 10.8. The third kappa shape index (κ3) is 2.82. The van der Waals surface area contributed by atoms with Crippen molar-refractivity contribution in [3.8, 4) is 0 Å². The molecule has 0 aromatic rings. The topological polar surface area (TPSA) is 43.4 Å². The third-order valence-electron chi connectivity index (χ3n) is 2.53. The van der Waals surface area contributed by atoms with Gasteiger partial charge in [0.25, 0.3) is 10.1 Å². The normalized spacial score (nSPS) is 32.4. The second-order valence-corrected chi connectivity index (χ2v) is 5.44. The molecule has 0 amide bonds. The van der Waals surface area contributed by atoms with E-state index in [1.165, 1.54) is 0 Å². The highest BCUT2D eigenvalue weighted by Gasteiger charge is 2.54. The average Bonchev–Trinajstić information content (AvgIpc) is 2.73. The summed E-state index contributed by atoms with van der Waals surface area (Å²) in [6.45, 7) is 4.08. The van der Waals surface area contributed by atoms with Crippen LogP contribution in [0, 0.1) is 5.92 Å². The Morgan fingerprint density at radius 3 is 2.50 bits per heavy atom. The van der Waals surface area contributed by atoms with Crippen molar-refractivity contribution in [2.24, 2.45) is 5.92 Å². The van der Waals surface area contributed by atoms with E-state index in [1.807, 2.05) is 19.1 Å². The SMILES string of the molecule is CC/C=C/[C@@]1(OS(C)(=O)=O)C[C@H]1CC. The monoisotopic (exact) mass is 218 g/mol. The second-order valence-electron chi connectivity index (χ2n) is 3.86. The van der Waals surface area contributed by atoms with Gasteiger partial charge in [0.05, 0.1) is 6.26 Å². The zero-order valence-corrected chi connectivity index (χ0v) is 9.80. The van der Waals surface area contributed by atoms with Crippen LogP contribution < -0.4 is 0 Å². The van der Waals surface area contributed by atoms with Gasteiger partial charge in [-0.15, -0.1) is 0 Å². The van der Waals surface area contributed by atoms with Gasteiger partial charge in [0.15, 0.2) is 0 Å². The lowest BCUT2D eigenvalue weighted by molar-refractivity contribution is 0.218. The van der Waals surface area contributed by atoms with Gasteiger partial charge in [0.2, 0.25) is 0 Å². The molecule has 82 valence electrons. The van der Waals surface area contributed by atoms with E-state index in [-0.39, 0.29) is 0 Å². The lowest BCUT2D eigenvalue weighted by atomic mass is 10.2. The summed E-state index contributed by atoms with van der Waals surface area (Å²) in [5, 5.41) is 0. The molecular formula is C10H18O3S. The second kappa shape index (κ2) is 4.03. The van der Waals surface area contributed by atoms with Crippen molar-refractivity contribution in [1.82, 2.24) is 0 Å². The van der Waals surface area contributed by atoms with Crippen LogP contribution in [0.3, 0.4) is 0 Å². The molecule has 0 bridgehead atoms. The first-order valence-corrected chi connectivity index (χ1v) is 6.83. The van der Waals surface area contributed by atoms with Crippen molar-refractivity contribution >= 4 is 10.1 Å². The molecule has 0 aliphatic heterocycles. The van der Waals surface area contributed by atoms with E-state index in [4.69, 9.17) is 4.18 Å². The van der Waals surface area contributed by atoms with Gasteiger partial charge < -0.3 is 0 Å². The van der Waals surface area contributed by atoms with Gasteiger partial charge in [0.1, 0.15) is 5.60 Å². The number of hydrogen-bond acceptors (Lipinski definition) is 3. The van der Waals surface area contributed by atoms with Crippen molar-refractivity contribution in [1.29, 1.82) is 0 Å². The van der Waals surface area contributed by atoms with Gasteiger partial charge >= 0.3 is 0 Å². The summed E-state index contributed by atoms with van der Waals surface area (Å²) in [5.74, 6) is 0.361. The predicted molar refractivity (Wildman–Crippen MR) is 56.5 cm³/mol. The van der Waals surface area contributed by atoms with Gasteiger partial charge in [-0.2, -0.15) is 8.42 Å². The van der Waals surface area contributed by atoms with Crippen LogP contribution in [-0.4, -0.2) is 20.3 Å². The molecule has 1 rings (SSSR count). The smallest absolute Gasteiger partial charge is 0.259 e. The molecule has 0 saturated heterocycles. The Labute approximate surface area is 86.3 Å². The van der Waals surface area contributed by atoms with E-state index >= 15 is 0 Å². The van der Waals surface area contributed by atoms with Crippen molar-refractivity contribution in [2.45, 2.75) is 38.7 Å². The van der Waals surface area contributed by atoms with Crippen LogP contribution in [0.4, 0.5) is 0 Å². The maximum atomic E-state index is 11.1. The fourth-order valence-electron chi connectivity index (χ4n) is 1.75. The van der Waals surface area contributed by atoms with E-state index in [1.54, 1.807) is 0 Å². The summed E-state index contributed by atoms with van der Waals surface area (Å²) in [6.07, 6.45) is 7.69. The molecule has 1 fully saturated rings. The molecule has 4 heteroatoms. The number of hydrogen-bond donors (Lipinski definition) is 0. The Morgan fingerprint density at radius 2 is 2.14 bits per heavy atom. The van der Waals surface area contributed by atoms with E-state index in [9.17, 15) is 8.42 Å². The Hall–Kier alpha value is -0.350. The van der Waals surface area contributed by atoms with Gasteiger partial charge in [-0.3, -0.25) is 4.18 Å². The van der Waals surface area contributed by atoms with E-state index in [0.717, 1.165) is 25.5 Å². The molecule has 1 saturated carbocycles. The Bertz CT molecular complexity index is 318. The summed E-state index contributed by atoms with van der Waals surface area (Å²) < 4.78 is 27.2. The molecule has 0 spiro atoms. The van der Waals surface area contributed by atoms with Crippen molar-refractivity contribution in [2.75, 3.05) is 6.26 Å². The molecule has 2 atom stereocenters. The molecule has 0 aromatic heterocycles. The van der Waals surface area contributed by atoms with Crippen LogP contribution in [0.15, 0.2) is 12.2 Å². The van der Waals surface area contributed by atoms with Gasteiger partial charge in [-0.25, -0.2) is 0 Å². The molecule has 14 heavy (non-hydrogen) atoms. The molecule has 3 nitrogen and oxygen atoms in total. The van der Waals surface area contributed by atoms with Gasteiger partial charge in [-0.05, 0) is 18.8 Å². The fourth-order valence-corrected chi connectivity index (χ4v) is 2.57. The Kier molecular flexibility index (Phi) is 3.37. The standard InChI is InChI=1S/C10H18O3S/c1-4-6-7-10(8-9(10)5-2)13-14(3,11)12/h6-7,9H,4-5,8H2,1-3H3/b7-6+/t9-,10-/m1/s1. The first-order valence-electron chi connectivity index (χ1n) is 5.02. The molecule has 0 unspecified atom stereocenters. The fraction of sp³-hybridized carbons (Fsp3) is 0.800. The highest BCUT2D eigenvalue weighted by Crippen LogP contribution is 2.51. The van der Waals surface area contributed by atoms with Crippen molar-refractivity contribution < 1.29 is 12.6 Å². The maximum absolute atomic E-state index is 11.1. The molecule has 1 aliphatic carbocycles. The molecular weight excluding hydrogens is 200 g/mol. The third-order valence-corrected chi connectivity index (χ3v) is 3.14. The largest absolute Gasteiger partial charge is 0.265 e. The lowest BCUT2D eigenvalue weighted by Gasteiger charge is -2.11. The maximum Gasteiger partial charge on any atom is 0.265 e. The highest BCUT2D eigenvalue weighted by molar-refractivity contribution is 7.86. The van der Waals surface area contributed by atoms with Gasteiger partial charge in [0, 0.05) is 0 Å².